The lowest BCUT2D eigenvalue weighted by Gasteiger charge is -2.30. The summed E-state index contributed by atoms with van der Waals surface area (Å²) in [6.07, 6.45) is 7.40. The fourth-order valence-corrected chi connectivity index (χ4v) is 3.96. The number of H-pyrrole nitrogens is 1. The van der Waals surface area contributed by atoms with Gasteiger partial charge in [-0.3, -0.25) is 9.78 Å². The van der Waals surface area contributed by atoms with Crippen molar-refractivity contribution in [2.45, 2.75) is 18.9 Å². The zero-order valence-corrected chi connectivity index (χ0v) is 17.1. The van der Waals surface area contributed by atoms with Crippen molar-refractivity contribution in [2.75, 3.05) is 23.3 Å². The summed E-state index contributed by atoms with van der Waals surface area (Å²) in [5, 5.41) is 3.87. The molecule has 0 bridgehead atoms. The standard InChI is InChI=1S/C24H24N6O/c25-17-8-10-30(11-9-17)23-15-26-14-22(29-23)20-13-27-21-7-6-16(12-19(20)21)24(31)28-18-4-2-1-3-5-18/h1-7,12-15,17,27H,8-11,25H2,(H,28,31). The first-order valence-corrected chi connectivity index (χ1v) is 10.5. The third-order valence-corrected chi connectivity index (χ3v) is 5.74. The number of para-hydroxylation sites is 1. The molecular formula is C24H24N6O. The third-order valence-electron chi connectivity index (χ3n) is 5.74. The van der Waals surface area contributed by atoms with Gasteiger partial charge in [0.1, 0.15) is 5.82 Å². The molecule has 1 aliphatic rings. The van der Waals surface area contributed by atoms with E-state index < -0.39 is 0 Å². The summed E-state index contributed by atoms with van der Waals surface area (Å²) in [5.74, 6) is 0.710. The number of nitrogens with zero attached hydrogens (tertiary/aromatic N) is 3. The molecule has 7 nitrogen and oxygen atoms in total. The Hall–Kier alpha value is -3.71. The number of rotatable bonds is 4. The molecule has 0 saturated carbocycles. The number of nitrogens with one attached hydrogen (secondary N) is 2. The number of aromatic nitrogens is 3. The van der Waals surface area contributed by atoms with Crippen molar-refractivity contribution in [1.29, 1.82) is 0 Å². The number of benzene rings is 2. The largest absolute Gasteiger partial charge is 0.360 e. The first kappa shape index (κ1) is 19.3. The number of fused-ring (bicyclic) bond motifs is 1. The lowest BCUT2D eigenvalue weighted by atomic mass is 10.1. The lowest BCUT2D eigenvalue weighted by molar-refractivity contribution is 0.102. The maximum absolute atomic E-state index is 12.7. The Morgan fingerprint density at radius 2 is 1.90 bits per heavy atom. The van der Waals surface area contributed by atoms with Crippen molar-refractivity contribution < 1.29 is 4.79 Å². The average Bonchev–Trinajstić information content (AvgIpc) is 3.24. The Balaban J connectivity index is 1.45. The van der Waals surface area contributed by atoms with Crippen LogP contribution in [0.3, 0.4) is 0 Å². The highest BCUT2D eigenvalue weighted by Gasteiger charge is 2.19. The van der Waals surface area contributed by atoms with Crippen molar-refractivity contribution >= 4 is 28.3 Å². The van der Waals surface area contributed by atoms with E-state index in [0.717, 1.165) is 59.6 Å². The van der Waals surface area contributed by atoms with E-state index in [9.17, 15) is 4.79 Å². The predicted octanol–water partition coefficient (Wildman–Crippen LogP) is 3.80. The second kappa shape index (κ2) is 8.20. The molecule has 0 radical (unpaired) electrons. The van der Waals surface area contributed by atoms with Crippen LogP contribution in [0.2, 0.25) is 0 Å². The lowest BCUT2D eigenvalue weighted by Crippen LogP contribution is -2.40. The molecule has 1 aliphatic heterocycles. The molecule has 0 aliphatic carbocycles. The number of piperidine rings is 1. The molecule has 156 valence electrons. The highest BCUT2D eigenvalue weighted by atomic mass is 16.1. The Bertz CT molecular complexity index is 1210. The molecule has 2 aromatic heterocycles. The van der Waals surface area contributed by atoms with Gasteiger partial charge in [-0.2, -0.15) is 0 Å². The van der Waals surface area contributed by atoms with Crippen LogP contribution in [0.4, 0.5) is 11.5 Å². The van der Waals surface area contributed by atoms with Gasteiger partial charge in [0, 0.05) is 53.0 Å². The van der Waals surface area contributed by atoms with E-state index in [4.69, 9.17) is 10.7 Å². The molecule has 3 heterocycles. The molecule has 1 amide bonds. The highest BCUT2D eigenvalue weighted by Crippen LogP contribution is 2.29. The Morgan fingerprint density at radius 1 is 1.10 bits per heavy atom. The van der Waals surface area contributed by atoms with Gasteiger partial charge in [-0.1, -0.05) is 18.2 Å². The second-order valence-corrected chi connectivity index (χ2v) is 7.87. The average molecular weight is 412 g/mol. The van der Waals surface area contributed by atoms with Crippen molar-refractivity contribution in [2.24, 2.45) is 5.73 Å². The molecule has 5 rings (SSSR count). The van der Waals surface area contributed by atoms with Crippen LogP contribution in [-0.4, -0.2) is 40.0 Å². The third kappa shape index (κ3) is 4.00. The first-order chi connectivity index (χ1) is 15.2. The number of carbonyl (C=O) groups is 1. The van der Waals surface area contributed by atoms with Crippen LogP contribution >= 0.6 is 0 Å². The molecular weight excluding hydrogens is 388 g/mol. The van der Waals surface area contributed by atoms with Gasteiger partial charge >= 0.3 is 0 Å². The molecule has 1 fully saturated rings. The van der Waals surface area contributed by atoms with Gasteiger partial charge in [-0.25, -0.2) is 4.98 Å². The van der Waals surface area contributed by atoms with E-state index in [2.05, 4.69) is 20.2 Å². The number of carbonyl (C=O) groups excluding carboxylic acids is 1. The fourth-order valence-electron chi connectivity index (χ4n) is 3.96. The topological polar surface area (TPSA) is 99.9 Å². The molecule has 4 aromatic rings. The highest BCUT2D eigenvalue weighted by molar-refractivity contribution is 6.07. The number of nitrogens with two attached hydrogens (primary N) is 1. The van der Waals surface area contributed by atoms with E-state index in [-0.39, 0.29) is 11.9 Å². The van der Waals surface area contributed by atoms with Gasteiger partial charge in [0.15, 0.2) is 0 Å². The minimum absolute atomic E-state index is 0.148. The van der Waals surface area contributed by atoms with Gasteiger partial charge in [-0.05, 0) is 43.2 Å². The van der Waals surface area contributed by atoms with Crippen LogP contribution in [0.15, 0.2) is 67.1 Å². The van der Waals surface area contributed by atoms with Crippen molar-refractivity contribution in [3.63, 3.8) is 0 Å². The maximum Gasteiger partial charge on any atom is 0.255 e. The Labute approximate surface area is 180 Å². The van der Waals surface area contributed by atoms with Crippen molar-refractivity contribution in [1.82, 2.24) is 15.0 Å². The normalized spacial score (nSPS) is 14.7. The maximum atomic E-state index is 12.7. The van der Waals surface area contributed by atoms with Gasteiger partial charge in [0.2, 0.25) is 0 Å². The summed E-state index contributed by atoms with van der Waals surface area (Å²) in [4.78, 5) is 27.5. The monoisotopic (exact) mass is 412 g/mol. The summed E-state index contributed by atoms with van der Waals surface area (Å²) in [6.45, 7) is 1.77. The number of amides is 1. The van der Waals surface area contributed by atoms with Gasteiger partial charge in [0.05, 0.1) is 18.1 Å². The van der Waals surface area contributed by atoms with Crippen LogP contribution in [0.25, 0.3) is 22.2 Å². The van der Waals surface area contributed by atoms with Crippen LogP contribution in [0.1, 0.15) is 23.2 Å². The van der Waals surface area contributed by atoms with Gasteiger partial charge in [-0.15, -0.1) is 0 Å². The van der Waals surface area contributed by atoms with E-state index >= 15 is 0 Å². The number of anilines is 2. The molecule has 2 aromatic carbocycles. The second-order valence-electron chi connectivity index (χ2n) is 7.87. The van der Waals surface area contributed by atoms with E-state index in [1.165, 1.54) is 0 Å². The smallest absolute Gasteiger partial charge is 0.255 e. The quantitative estimate of drug-likeness (QED) is 0.473. The number of aromatic amines is 1. The zero-order chi connectivity index (χ0) is 21.2. The minimum Gasteiger partial charge on any atom is -0.360 e. The zero-order valence-electron chi connectivity index (χ0n) is 17.1. The van der Waals surface area contributed by atoms with Crippen LogP contribution in [0.5, 0.6) is 0 Å². The van der Waals surface area contributed by atoms with Gasteiger partial charge < -0.3 is 20.9 Å². The molecule has 0 atom stereocenters. The summed E-state index contributed by atoms with van der Waals surface area (Å²) in [6, 6.07) is 15.3. The summed E-state index contributed by atoms with van der Waals surface area (Å²) in [7, 11) is 0. The predicted molar refractivity (Wildman–Crippen MR) is 123 cm³/mol. The molecule has 4 N–H and O–H groups in total. The van der Waals surface area contributed by atoms with Crippen molar-refractivity contribution in [3.8, 4) is 11.3 Å². The van der Waals surface area contributed by atoms with Gasteiger partial charge in [0.25, 0.3) is 5.91 Å². The van der Waals surface area contributed by atoms with E-state index in [1.54, 1.807) is 12.4 Å². The number of hydrogen-bond acceptors (Lipinski definition) is 5. The Morgan fingerprint density at radius 3 is 2.71 bits per heavy atom. The summed E-state index contributed by atoms with van der Waals surface area (Å²) >= 11 is 0. The molecule has 0 unspecified atom stereocenters. The SMILES string of the molecule is NC1CCN(c2cncc(-c3c[nH]c4ccc(C(=O)Nc5ccccc5)cc34)n2)CC1. The molecule has 31 heavy (non-hydrogen) atoms. The Kier molecular flexibility index (Phi) is 5.09. The van der Waals surface area contributed by atoms with E-state index in [1.807, 2.05) is 54.7 Å². The first-order valence-electron chi connectivity index (χ1n) is 10.5. The summed E-state index contributed by atoms with van der Waals surface area (Å²) < 4.78 is 0. The number of hydrogen-bond donors (Lipinski definition) is 3. The van der Waals surface area contributed by atoms with E-state index in [0.29, 0.717) is 5.56 Å². The van der Waals surface area contributed by atoms with Crippen LogP contribution in [0, 0.1) is 0 Å². The van der Waals surface area contributed by atoms with Crippen LogP contribution < -0.4 is 16.0 Å². The summed E-state index contributed by atoms with van der Waals surface area (Å²) in [5.41, 5.74) is 10.0. The molecule has 0 spiro atoms. The fraction of sp³-hybridized carbons (Fsp3) is 0.208. The molecule has 7 heteroatoms. The van der Waals surface area contributed by atoms with Crippen molar-refractivity contribution in [3.05, 3.63) is 72.7 Å². The molecule has 1 saturated heterocycles. The van der Waals surface area contributed by atoms with Crippen LogP contribution in [-0.2, 0) is 0 Å². The minimum atomic E-state index is -0.148.